The number of nitrogens with zero attached hydrogens (tertiary/aromatic N) is 1. The Hall–Kier alpha value is -2.91. The summed E-state index contributed by atoms with van der Waals surface area (Å²) < 4.78 is 37.3. The maximum atomic E-state index is 12.9. The molecule has 1 N–H and O–H groups in total. The summed E-state index contributed by atoms with van der Waals surface area (Å²) in [6.45, 7) is 2.85. The zero-order chi connectivity index (χ0) is 22.4. The van der Waals surface area contributed by atoms with Crippen molar-refractivity contribution in [3.8, 4) is 5.75 Å². The SMILES string of the molecule is CCOc1ccc(S(=O)(=O)N2CCC(C(=O)Nc3ccccc3C(=O)OC)CC2)cc1. The summed E-state index contributed by atoms with van der Waals surface area (Å²) in [5, 5.41) is 2.78. The van der Waals surface area contributed by atoms with Crippen LogP contribution < -0.4 is 10.1 Å². The highest BCUT2D eigenvalue weighted by molar-refractivity contribution is 7.89. The maximum absolute atomic E-state index is 12.9. The van der Waals surface area contributed by atoms with E-state index in [0.717, 1.165) is 0 Å². The number of nitrogens with one attached hydrogen (secondary N) is 1. The van der Waals surface area contributed by atoms with Crippen LogP contribution in [0.4, 0.5) is 5.69 Å². The van der Waals surface area contributed by atoms with Crippen molar-refractivity contribution in [1.82, 2.24) is 4.31 Å². The van der Waals surface area contributed by atoms with Crippen LogP contribution in [0.15, 0.2) is 53.4 Å². The van der Waals surface area contributed by atoms with Crippen LogP contribution in [0.3, 0.4) is 0 Å². The molecule has 31 heavy (non-hydrogen) atoms. The number of hydrogen-bond acceptors (Lipinski definition) is 6. The first-order valence-corrected chi connectivity index (χ1v) is 11.5. The molecule has 9 heteroatoms. The van der Waals surface area contributed by atoms with Gasteiger partial charge in [-0.3, -0.25) is 4.79 Å². The number of anilines is 1. The van der Waals surface area contributed by atoms with E-state index in [0.29, 0.717) is 30.9 Å². The molecule has 3 rings (SSSR count). The quantitative estimate of drug-likeness (QED) is 0.656. The largest absolute Gasteiger partial charge is 0.494 e. The zero-order valence-corrected chi connectivity index (χ0v) is 18.4. The lowest BCUT2D eigenvalue weighted by Crippen LogP contribution is -2.41. The predicted molar refractivity (Wildman–Crippen MR) is 116 cm³/mol. The van der Waals surface area contributed by atoms with E-state index in [2.05, 4.69) is 5.32 Å². The third kappa shape index (κ3) is 5.23. The molecular formula is C22H26N2O6S. The smallest absolute Gasteiger partial charge is 0.339 e. The van der Waals surface area contributed by atoms with Gasteiger partial charge in [0.05, 0.1) is 29.9 Å². The lowest BCUT2D eigenvalue weighted by atomic mass is 9.97. The summed E-state index contributed by atoms with van der Waals surface area (Å²) in [7, 11) is -2.36. The molecule has 166 valence electrons. The number of ether oxygens (including phenoxy) is 2. The Balaban J connectivity index is 1.63. The molecule has 1 aliphatic heterocycles. The van der Waals surface area contributed by atoms with E-state index in [1.165, 1.54) is 23.5 Å². The molecule has 8 nitrogen and oxygen atoms in total. The molecule has 0 aliphatic carbocycles. The van der Waals surface area contributed by atoms with Crippen molar-refractivity contribution in [1.29, 1.82) is 0 Å². The number of para-hydroxylation sites is 1. The first-order valence-electron chi connectivity index (χ1n) is 10.1. The van der Waals surface area contributed by atoms with Gasteiger partial charge >= 0.3 is 5.97 Å². The van der Waals surface area contributed by atoms with Crippen molar-refractivity contribution in [2.45, 2.75) is 24.7 Å². The fourth-order valence-electron chi connectivity index (χ4n) is 3.50. The summed E-state index contributed by atoms with van der Waals surface area (Å²) in [5.41, 5.74) is 0.651. The number of hydrogen-bond donors (Lipinski definition) is 1. The summed E-state index contributed by atoms with van der Waals surface area (Å²) in [5.74, 6) is -0.511. The van der Waals surface area contributed by atoms with Crippen LogP contribution in [0.25, 0.3) is 0 Å². The molecule has 0 aromatic heterocycles. The molecule has 1 heterocycles. The van der Waals surface area contributed by atoms with E-state index in [-0.39, 0.29) is 35.4 Å². The molecule has 0 bridgehead atoms. The average Bonchev–Trinajstić information content (AvgIpc) is 2.79. The van der Waals surface area contributed by atoms with Crippen molar-refractivity contribution < 1.29 is 27.5 Å². The molecule has 0 unspecified atom stereocenters. The Morgan fingerprint density at radius 1 is 1.06 bits per heavy atom. The van der Waals surface area contributed by atoms with Crippen LogP contribution in [0.2, 0.25) is 0 Å². The fourth-order valence-corrected chi connectivity index (χ4v) is 4.97. The Bertz CT molecular complexity index is 1030. The molecule has 0 radical (unpaired) electrons. The van der Waals surface area contributed by atoms with Crippen LogP contribution in [-0.4, -0.2) is 51.4 Å². The van der Waals surface area contributed by atoms with Gasteiger partial charge in [-0.1, -0.05) is 12.1 Å². The first-order chi connectivity index (χ1) is 14.9. The van der Waals surface area contributed by atoms with Gasteiger partial charge in [0, 0.05) is 19.0 Å². The van der Waals surface area contributed by atoms with Crippen molar-refractivity contribution in [2.24, 2.45) is 5.92 Å². The molecule has 1 saturated heterocycles. The molecular weight excluding hydrogens is 420 g/mol. The highest BCUT2D eigenvalue weighted by atomic mass is 32.2. The average molecular weight is 447 g/mol. The Morgan fingerprint density at radius 3 is 2.32 bits per heavy atom. The summed E-state index contributed by atoms with van der Waals surface area (Å²) in [6, 6.07) is 12.9. The van der Waals surface area contributed by atoms with Crippen molar-refractivity contribution >= 4 is 27.6 Å². The maximum Gasteiger partial charge on any atom is 0.339 e. The van der Waals surface area contributed by atoms with Crippen molar-refractivity contribution in [3.63, 3.8) is 0 Å². The van der Waals surface area contributed by atoms with Crippen LogP contribution in [0.5, 0.6) is 5.75 Å². The normalized spacial score (nSPS) is 15.3. The number of amides is 1. The highest BCUT2D eigenvalue weighted by Crippen LogP contribution is 2.26. The number of methoxy groups -OCH3 is 1. The van der Waals surface area contributed by atoms with Gasteiger partial charge in [-0.25, -0.2) is 13.2 Å². The van der Waals surface area contributed by atoms with Gasteiger partial charge in [0.1, 0.15) is 5.75 Å². The first kappa shape index (κ1) is 22.8. The van der Waals surface area contributed by atoms with Crippen molar-refractivity contribution in [2.75, 3.05) is 32.1 Å². The standard InChI is InChI=1S/C22H26N2O6S/c1-3-30-17-8-10-18(11-9-17)31(27,28)24-14-12-16(13-15-24)21(25)23-20-7-5-4-6-19(20)22(26)29-2/h4-11,16H,3,12-15H2,1-2H3,(H,23,25). The summed E-state index contributed by atoms with van der Waals surface area (Å²) in [6.07, 6.45) is 0.783. The molecule has 1 aliphatic rings. The van der Waals surface area contributed by atoms with Gasteiger partial charge in [-0.15, -0.1) is 0 Å². The molecule has 2 aromatic carbocycles. The lowest BCUT2D eigenvalue weighted by Gasteiger charge is -2.30. The third-order valence-electron chi connectivity index (χ3n) is 5.19. The second-order valence-electron chi connectivity index (χ2n) is 7.11. The minimum Gasteiger partial charge on any atom is -0.494 e. The number of carbonyl (C=O) groups excluding carboxylic acids is 2. The number of benzene rings is 2. The number of piperidine rings is 1. The second-order valence-corrected chi connectivity index (χ2v) is 9.05. The van der Waals surface area contributed by atoms with E-state index < -0.39 is 16.0 Å². The topological polar surface area (TPSA) is 102 Å². The van der Waals surface area contributed by atoms with E-state index in [4.69, 9.17) is 9.47 Å². The van der Waals surface area contributed by atoms with E-state index in [9.17, 15) is 18.0 Å². The van der Waals surface area contributed by atoms with E-state index >= 15 is 0 Å². The van der Waals surface area contributed by atoms with Gasteiger partial charge in [0.15, 0.2) is 0 Å². The minimum absolute atomic E-state index is 0.200. The number of sulfonamides is 1. The molecule has 1 amide bonds. The Labute approximate surface area is 182 Å². The van der Waals surface area contributed by atoms with Crippen molar-refractivity contribution in [3.05, 3.63) is 54.1 Å². The Morgan fingerprint density at radius 2 is 1.71 bits per heavy atom. The van der Waals surface area contributed by atoms with Crippen LogP contribution in [-0.2, 0) is 19.6 Å². The molecule has 2 aromatic rings. The van der Waals surface area contributed by atoms with Gasteiger partial charge in [-0.2, -0.15) is 4.31 Å². The Kier molecular flexibility index (Phi) is 7.29. The second kappa shape index (κ2) is 9.93. The van der Waals surface area contributed by atoms with Gasteiger partial charge in [0.2, 0.25) is 15.9 Å². The van der Waals surface area contributed by atoms with E-state index in [1.54, 1.807) is 36.4 Å². The third-order valence-corrected chi connectivity index (χ3v) is 7.10. The highest BCUT2D eigenvalue weighted by Gasteiger charge is 2.32. The van der Waals surface area contributed by atoms with Crippen LogP contribution in [0, 0.1) is 5.92 Å². The predicted octanol–water partition coefficient (Wildman–Crippen LogP) is 2.91. The number of rotatable bonds is 7. The monoisotopic (exact) mass is 446 g/mol. The molecule has 0 saturated carbocycles. The van der Waals surface area contributed by atoms with Crippen LogP contribution in [0.1, 0.15) is 30.1 Å². The van der Waals surface area contributed by atoms with Gasteiger partial charge in [-0.05, 0) is 56.2 Å². The zero-order valence-electron chi connectivity index (χ0n) is 17.5. The fraction of sp³-hybridized carbons (Fsp3) is 0.364. The lowest BCUT2D eigenvalue weighted by molar-refractivity contribution is -0.120. The molecule has 0 atom stereocenters. The number of esters is 1. The molecule has 1 fully saturated rings. The summed E-state index contributed by atoms with van der Waals surface area (Å²) in [4.78, 5) is 24.8. The van der Waals surface area contributed by atoms with Gasteiger partial charge in [0.25, 0.3) is 0 Å². The van der Waals surface area contributed by atoms with Crippen LogP contribution >= 0.6 is 0 Å². The number of carbonyl (C=O) groups is 2. The molecule has 0 spiro atoms. The van der Waals surface area contributed by atoms with Gasteiger partial charge < -0.3 is 14.8 Å². The summed E-state index contributed by atoms with van der Waals surface area (Å²) >= 11 is 0. The van der Waals surface area contributed by atoms with E-state index in [1.807, 2.05) is 6.92 Å². The minimum atomic E-state index is -3.64.